The number of hydrogen-bond donors (Lipinski definition) is 1. The molecule has 3 nitrogen and oxygen atoms in total. The van der Waals surface area contributed by atoms with Gasteiger partial charge in [0.05, 0.1) is 11.4 Å². The maximum absolute atomic E-state index is 11.6. The molecule has 1 amide bonds. The molecule has 0 fully saturated rings. The lowest BCUT2D eigenvalue weighted by Gasteiger charge is -2.17. The van der Waals surface area contributed by atoms with Crippen molar-refractivity contribution >= 4 is 34.7 Å². The van der Waals surface area contributed by atoms with E-state index in [2.05, 4.69) is 12.2 Å². The summed E-state index contributed by atoms with van der Waals surface area (Å²) >= 11 is 10.5. The molecule has 1 aromatic carbocycles. The van der Waals surface area contributed by atoms with Crippen LogP contribution in [0.1, 0.15) is 12.0 Å². The van der Waals surface area contributed by atoms with Gasteiger partial charge in [-0.15, -0.1) is 0 Å². The minimum atomic E-state index is -0.0903. The minimum absolute atomic E-state index is 0.0903. The molecule has 0 radical (unpaired) electrons. The molecule has 0 spiro atoms. The second-order valence-electron chi connectivity index (χ2n) is 3.52. The van der Waals surface area contributed by atoms with Gasteiger partial charge in [-0.05, 0) is 17.7 Å². The maximum Gasteiger partial charge on any atom is 0.229 e. The summed E-state index contributed by atoms with van der Waals surface area (Å²) in [6.45, 7) is 0.502. The van der Waals surface area contributed by atoms with Crippen molar-refractivity contribution in [3.63, 3.8) is 0 Å². The van der Waals surface area contributed by atoms with Gasteiger partial charge in [-0.3, -0.25) is 4.79 Å². The molecule has 0 aliphatic rings. The lowest BCUT2D eigenvalue weighted by molar-refractivity contribution is -0.129. The normalized spacial score (nSPS) is 9.88. The quantitative estimate of drug-likeness (QED) is 0.838. The van der Waals surface area contributed by atoms with Crippen molar-refractivity contribution < 1.29 is 4.79 Å². The van der Waals surface area contributed by atoms with Gasteiger partial charge in [0.1, 0.15) is 0 Å². The summed E-state index contributed by atoms with van der Waals surface area (Å²) in [5, 5.41) is 0.660. The number of rotatable bonds is 4. The van der Waals surface area contributed by atoms with Gasteiger partial charge in [-0.1, -0.05) is 36.0 Å². The second kappa shape index (κ2) is 5.82. The molecule has 0 saturated carbocycles. The van der Waals surface area contributed by atoms with E-state index in [4.69, 9.17) is 17.3 Å². The number of nitrogens with two attached hydrogens (primary N) is 1. The van der Waals surface area contributed by atoms with Gasteiger partial charge in [-0.25, -0.2) is 0 Å². The lowest BCUT2D eigenvalue weighted by atomic mass is 10.2. The third kappa shape index (κ3) is 4.16. The van der Waals surface area contributed by atoms with Gasteiger partial charge in [0, 0.05) is 18.6 Å². The zero-order valence-corrected chi connectivity index (χ0v) is 10.5. The number of halogens is 1. The topological polar surface area (TPSA) is 46.3 Å². The zero-order valence-electron chi connectivity index (χ0n) is 8.94. The molecule has 0 bridgehead atoms. The first-order chi connectivity index (χ1) is 7.49. The van der Waals surface area contributed by atoms with Crippen LogP contribution < -0.4 is 5.73 Å². The van der Waals surface area contributed by atoms with E-state index in [0.717, 1.165) is 5.56 Å². The molecular formula is C11H13ClN2OS. The van der Waals surface area contributed by atoms with Crippen molar-refractivity contribution in [2.45, 2.75) is 13.0 Å². The van der Waals surface area contributed by atoms with E-state index in [1.165, 1.54) is 0 Å². The first-order valence-electron chi connectivity index (χ1n) is 4.75. The van der Waals surface area contributed by atoms with Gasteiger partial charge in [0.25, 0.3) is 0 Å². The summed E-state index contributed by atoms with van der Waals surface area (Å²) in [6, 6.07) is 7.38. The summed E-state index contributed by atoms with van der Waals surface area (Å²) < 4.78 is 0. The molecule has 0 unspecified atom stereocenters. The van der Waals surface area contributed by atoms with Crippen molar-refractivity contribution in [3.8, 4) is 0 Å². The number of carbonyl (C=O) groups is 1. The van der Waals surface area contributed by atoms with Crippen LogP contribution in [0, 0.1) is 0 Å². The molecule has 1 rings (SSSR count). The minimum Gasteiger partial charge on any atom is -0.393 e. The van der Waals surface area contributed by atoms with E-state index < -0.39 is 0 Å². The first kappa shape index (κ1) is 12.9. The van der Waals surface area contributed by atoms with Gasteiger partial charge in [-0.2, -0.15) is 0 Å². The van der Waals surface area contributed by atoms with E-state index >= 15 is 0 Å². The molecule has 0 aromatic heterocycles. The van der Waals surface area contributed by atoms with Gasteiger partial charge >= 0.3 is 0 Å². The van der Waals surface area contributed by atoms with Crippen molar-refractivity contribution in [2.75, 3.05) is 7.05 Å². The molecule has 0 aliphatic carbocycles. The fourth-order valence-corrected chi connectivity index (χ4v) is 1.62. The predicted molar refractivity (Wildman–Crippen MR) is 69.3 cm³/mol. The van der Waals surface area contributed by atoms with E-state index in [0.29, 0.717) is 11.6 Å². The van der Waals surface area contributed by atoms with Gasteiger partial charge in [0.15, 0.2) is 0 Å². The number of thiocarbonyl (C=S) groups is 1. The fourth-order valence-electron chi connectivity index (χ4n) is 1.28. The van der Waals surface area contributed by atoms with Crippen molar-refractivity contribution in [1.82, 2.24) is 4.90 Å². The van der Waals surface area contributed by atoms with Crippen LogP contribution >= 0.6 is 23.8 Å². The second-order valence-corrected chi connectivity index (χ2v) is 4.48. The Morgan fingerprint density at radius 3 is 2.81 bits per heavy atom. The number of hydrogen-bond acceptors (Lipinski definition) is 2. The van der Waals surface area contributed by atoms with Crippen LogP contribution in [-0.2, 0) is 11.3 Å². The Morgan fingerprint density at radius 1 is 1.56 bits per heavy atom. The highest BCUT2D eigenvalue weighted by atomic mass is 35.5. The Hall–Kier alpha value is -1.13. The standard InChI is InChI=1S/C11H13ClN2OS/c1-14(11(15)6-10(13)16)7-8-3-2-4-9(12)5-8/h2-5H,6-7H2,1H3,(H2,13,16). The molecule has 1 aromatic rings. The summed E-state index contributed by atoms with van der Waals surface area (Å²) in [6.07, 6.45) is 0.104. The lowest BCUT2D eigenvalue weighted by Crippen LogP contribution is -2.29. The molecule has 2 N–H and O–H groups in total. The van der Waals surface area contributed by atoms with Crippen LogP contribution in [0.15, 0.2) is 24.3 Å². The van der Waals surface area contributed by atoms with E-state index in [1.54, 1.807) is 18.0 Å². The third-order valence-electron chi connectivity index (χ3n) is 2.06. The largest absolute Gasteiger partial charge is 0.393 e. The summed E-state index contributed by atoms with van der Waals surface area (Å²) in [5.74, 6) is -0.0903. The highest BCUT2D eigenvalue weighted by Crippen LogP contribution is 2.12. The van der Waals surface area contributed by atoms with Crippen LogP contribution in [0.3, 0.4) is 0 Å². The van der Waals surface area contributed by atoms with Crippen molar-refractivity contribution in [1.29, 1.82) is 0 Å². The number of nitrogens with zero attached hydrogens (tertiary/aromatic N) is 1. The van der Waals surface area contributed by atoms with Crippen LogP contribution in [0.5, 0.6) is 0 Å². The van der Waals surface area contributed by atoms with Crippen LogP contribution in [0.25, 0.3) is 0 Å². The van der Waals surface area contributed by atoms with E-state index in [1.807, 2.05) is 18.2 Å². The molecular weight excluding hydrogens is 244 g/mol. The maximum atomic E-state index is 11.6. The average molecular weight is 257 g/mol. The van der Waals surface area contributed by atoms with E-state index in [9.17, 15) is 4.79 Å². The van der Waals surface area contributed by atoms with Crippen LogP contribution in [-0.4, -0.2) is 22.8 Å². The molecule has 5 heteroatoms. The Balaban J connectivity index is 2.60. The van der Waals surface area contributed by atoms with E-state index in [-0.39, 0.29) is 17.3 Å². The smallest absolute Gasteiger partial charge is 0.229 e. The Kier molecular flexibility index (Phi) is 4.71. The molecule has 0 heterocycles. The highest BCUT2D eigenvalue weighted by molar-refractivity contribution is 7.80. The summed E-state index contributed by atoms with van der Waals surface area (Å²) in [5.41, 5.74) is 6.29. The highest BCUT2D eigenvalue weighted by Gasteiger charge is 2.10. The first-order valence-corrected chi connectivity index (χ1v) is 5.54. The van der Waals surface area contributed by atoms with Crippen molar-refractivity contribution in [2.24, 2.45) is 5.73 Å². The molecule has 0 atom stereocenters. The predicted octanol–water partition coefficient (Wildman–Crippen LogP) is 1.97. The number of benzene rings is 1. The Labute approximate surface area is 105 Å². The number of carbonyl (C=O) groups excluding carboxylic acids is 1. The molecule has 0 aliphatic heterocycles. The fraction of sp³-hybridized carbons (Fsp3) is 0.273. The third-order valence-corrected chi connectivity index (χ3v) is 2.44. The summed E-state index contributed by atoms with van der Waals surface area (Å²) in [7, 11) is 1.71. The monoisotopic (exact) mass is 256 g/mol. The Morgan fingerprint density at radius 2 is 2.25 bits per heavy atom. The van der Waals surface area contributed by atoms with Gasteiger partial charge < -0.3 is 10.6 Å². The SMILES string of the molecule is CN(Cc1cccc(Cl)c1)C(=O)CC(N)=S. The number of amides is 1. The Bertz CT molecular complexity index is 409. The molecule has 86 valence electrons. The summed E-state index contributed by atoms with van der Waals surface area (Å²) in [4.78, 5) is 13.4. The zero-order chi connectivity index (χ0) is 12.1. The molecule has 16 heavy (non-hydrogen) atoms. The van der Waals surface area contributed by atoms with Crippen LogP contribution in [0.2, 0.25) is 5.02 Å². The van der Waals surface area contributed by atoms with Crippen molar-refractivity contribution in [3.05, 3.63) is 34.9 Å². The van der Waals surface area contributed by atoms with Crippen LogP contribution in [0.4, 0.5) is 0 Å². The average Bonchev–Trinajstić information content (AvgIpc) is 2.16. The van der Waals surface area contributed by atoms with Gasteiger partial charge in [0.2, 0.25) is 5.91 Å². The molecule has 0 saturated heterocycles.